The molecule has 0 aliphatic heterocycles. The molecule has 7 heteroatoms. The normalized spacial score (nSPS) is 11.9. The van der Waals surface area contributed by atoms with Crippen LogP contribution in [0.25, 0.3) is 0 Å². The molecule has 29 heavy (non-hydrogen) atoms. The van der Waals surface area contributed by atoms with Gasteiger partial charge in [0.25, 0.3) is 0 Å². The second-order valence-electron chi connectivity index (χ2n) is 7.26. The van der Waals surface area contributed by atoms with Crippen LogP contribution in [0.1, 0.15) is 13.8 Å². The van der Waals surface area contributed by atoms with Gasteiger partial charge in [-0.15, -0.1) is 0 Å². The van der Waals surface area contributed by atoms with Gasteiger partial charge in [-0.2, -0.15) is 0 Å². The van der Waals surface area contributed by atoms with Crippen LogP contribution >= 0.6 is 0 Å². The Morgan fingerprint density at radius 2 is 0.966 bits per heavy atom. The van der Waals surface area contributed by atoms with E-state index in [9.17, 15) is 0 Å². The van der Waals surface area contributed by atoms with E-state index in [1.165, 1.54) is 0 Å². The van der Waals surface area contributed by atoms with Crippen molar-refractivity contribution < 1.29 is 8.85 Å². The summed E-state index contributed by atoms with van der Waals surface area (Å²) in [5.41, 5.74) is 2.18. The number of para-hydroxylation sites is 2. The minimum absolute atomic E-state index is 0.576. The van der Waals surface area contributed by atoms with Gasteiger partial charge < -0.3 is 18.9 Å². The number of anilines is 2. The second-order valence-corrected chi connectivity index (χ2v) is 10.1. The maximum absolute atomic E-state index is 6.61. The van der Waals surface area contributed by atoms with Crippen LogP contribution < -0.4 is 20.4 Å². The van der Waals surface area contributed by atoms with Gasteiger partial charge in [0.05, 0.1) is 11.4 Å². The van der Waals surface area contributed by atoms with Gasteiger partial charge in [0.1, 0.15) is 0 Å². The van der Waals surface area contributed by atoms with Crippen LogP contribution in [0.15, 0.2) is 48.5 Å². The zero-order valence-corrected chi connectivity index (χ0v) is 20.1. The zero-order valence-electron chi connectivity index (χ0n) is 19.1. The highest BCUT2D eigenvalue weighted by atomic mass is 28.4. The molecule has 0 unspecified atom stereocenters. The SMILES string of the molecule is CCO[Si](OCC)(c1ccccc1N(C)N(C)C)c1ccccc1N(C)N(C)C. The summed E-state index contributed by atoms with van der Waals surface area (Å²) in [5.74, 6) is 0. The standard InChI is InChI=1S/C22H36N4O2Si/c1-9-27-29(28-10-2,21-17-13-11-15-19(21)25(7)23(3)4)22-18-14-12-16-20(22)26(8)24(5)6/h11-18H,9-10H2,1-8H3. The number of hydrazine groups is 2. The first-order valence-electron chi connectivity index (χ1n) is 10.1. The van der Waals surface area contributed by atoms with Crippen molar-refractivity contribution in [2.45, 2.75) is 13.8 Å². The monoisotopic (exact) mass is 416 g/mol. The highest BCUT2D eigenvalue weighted by Crippen LogP contribution is 2.23. The Balaban J connectivity index is 2.83. The largest absolute Gasteiger partial charge is 0.411 e. The van der Waals surface area contributed by atoms with E-state index < -0.39 is 8.56 Å². The molecule has 0 N–H and O–H groups in total. The van der Waals surface area contributed by atoms with Crippen LogP contribution in [0.3, 0.4) is 0 Å². The molecule has 6 nitrogen and oxygen atoms in total. The fraction of sp³-hybridized carbons (Fsp3) is 0.455. The number of benzene rings is 2. The average Bonchev–Trinajstić information content (AvgIpc) is 2.72. The van der Waals surface area contributed by atoms with Gasteiger partial charge in [0.2, 0.25) is 0 Å². The minimum atomic E-state index is -2.99. The molecule has 0 spiro atoms. The Morgan fingerprint density at radius 3 is 1.28 bits per heavy atom. The van der Waals surface area contributed by atoms with Crippen molar-refractivity contribution in [2.75, 3.05) is 65.5 Å². The molecule has 0 aliphatic carbocycles. The summed E-state index contributed by atoms with van der Waals surface area (Å²) >= 11 is 0. The molecule has 0 saturated heterocycles. The summed E-state index contributed by atoms with van der Waals surface area (Å²) in [6.45, 7) is 5.23. The van der Waals surface area contributed by atoms with Crippen LogP contribution in [0.2, 0.25) is 0 Å². The molecule has 0 heterocycles. The van der Waals surface area contributed by atoms with E-state index in [1.54, 1.807) is 0 Å². The van der Waals surface area contributed by atoms with Gasteiger partial charge >= 0.3 is 8.56 Å². The average molecular weight is 417 g/mol. The predicted octanol–water partition coefficient (Wildman–Crippen LogP) is 2.14. The summed E-state index contributed by atoms with van der Waals surface area (Å²) in [5, 5.41) is 10.6. The van der Waals surface area contributed by atoms with Crippen molar-refractivity contribution in [1.82, 2.24) is 10.0 Å². The molecule has 2 aromatic carbocycles. The van der Waals surface area contributed by atoms with Gasteiger partial charge in [-0.3, -0.25) is 0 Å². The molecular formula is C22H36N4O2Si. The number of rotatable bonds is 10. The van der Waals surface area contributed by atoms with Crippen LogP contribution in [0.4, 0.5) is 11.4 Å². The van der Waals surface area contributed by atoms with Gasteiger partial charge in [-0.1, -0.05) is 36.4 Å². The van der Waals surface area contributed by atoms with Crippen LogP contribution in [-0.2, 0) is 8.85 Å². The highest BCUT2D eigenvalue weighted by molar-refractivity contribution is 6.94. The Labute approximate surface area is 177 Å². The quantitative estimate of drug-likeness (QED) is 0.436. The van der Waals surface area contributed by atoms with Gasteiger partial charge in [0, 0.05) is 65.9 Å². The van der Waals surface area contributed by atoms with Crippen molar-refractivity contribution >= 4 is 30.3 Å². The Hall–Kier alpha value is -1.90. The van der Waals surface area contributed by atoms with E-state index in [2.05, 4.69) is 82.7 Å². The van der Waals surface area contributed by atoms with E-state index in [1.807, 2.05) is 42.0 Å². The number of hydrogen-bond donors (Lipinski definition) is 0. The first-order valence-corrected chi connectivity index (χ1v) is 11.9. The third-order valence-corrected chi connectivity index (χ3v) is 8.76. The van der Waals surface area contributed by atoms with Crippen molar-refractivity contribution in [2.24, 2.45) is 0 Å². The van der Waals surface area contributed by atoms with E-state index >= 15 is 0 Å². The van der Waals surface area contributed by atoms with Crippen molar-refractivity contribution in [1.29, 1.82) is 0 Å². The first kappa shape index (κ1) is 23.4. The minimum Gasteiger partial charge on any atom is -0.388 e. The number of nitrogens with zero attached hydrogens (tertiary/aromatic N) is 4. The maximum atomic E-state index is 6.61. The van der Waals surface area contributed by atoms with Gasteiger partial charge in [-0.05, 0) is 26.0 Å². The molecule has 160 valence electrons. The molecule has 0 saturated carbocycles. The van der Waals surface area contributed by atoms with E-state index in [0.717, 1.165) is 21.7 Å². The molecular weight excluding hydrogens is 380 g/mol. The lowest BCUT2D eigenvalue weighted by Crippen LogP contribution is -2.65. The van der Waals surface area contributed by atoms with Crippen LogP contribution in [0.5, 0.6) is 0 Å². The molecule has 0 atom stereocenters. The Morgan fingerprint density at radius 1 is 0.621 bits per heavy atom. The maximum Gasteiger partial charge on any atom is 0.411 e. The summed E-state index contributed by atoms with van der Waals surface area (Å²) in [7, 11) is 9.28. The molecule has 0 aromatic heterocycles. The van der Waals surface area contributed by atoms with Crippen LogP contribution in [-0.4, -0.2) is 74.1 Å². The van der Waals surface area contributed by atoms with E-state index in [0.29, 0.717) is 13.2 Å². The molecule has 0 amide bonds. The van der Waals surface area contributed by atoms with Crippen LogP contribution in [0, 0.1) is 0 Å². The topological polar surface area (TPSA) is 31.4 Å². The van der Waals surface area contributed by atoms with Crippen molar-refractivity contribution in [3.63, 3.8) is 0 Å². The van der Waals surface area contributed by atoms with Gasteiger partial charge in [-0.25, -0.2) is 10.0 Å². The lowest BCUT2D eigenvalue weighted by molar-refractivity contribution is 0.208. The van der Waals surface area contributed by atoms with Crippen molar-refractivity contribution in [3.05, 3.63) is 48.5 Å². The predicted molar refractivity (Wildman–Crippen MR) is 125 cm³/mol. The highest BCUT2D eigenvalue weighted by Gasteiger charge is 2.46. The summed E-state index contributed by atoms with van der Waals surface area (Å²) in [6, 6.07) is 16.8. The third-order valence-electron chi connectivity index (χ3n) is 5.11. The Bertz CT molecular complexity index is 719. The smallest absolute Gasteiger partial charge is 0.388 e. The number of hydrogen-bond acceptors (Lipinski definition) is 6. The third kappa shape index (κ3) is 4.82. The Kier molecular flexibility index (Phi) is 8.24. The van der Waals surface area contributed by atoms with Crippen molar-refractivity contribution in [3.8, 4) is 0 Å². The molecule has 0 fully saturated rings. The van der Waals surface area contributed by atoms with Gasteiger partial charge in [0.15, 0.2) is 0 Å². The fourth-order valence-corrected chi connectivity index (χ4v) is 7.01. The summed E-state index contributed by atoms with van der Waals surface area (Å²) < 4.78 is 13.2. The zero-order chi connectivity index (χ0) is 21.6. The molecule has 2 aromatic rings. The lowest BCUT2D eigenvalue weighted by Gasteiger charge is -2.38. The first-order chi connectivity index (χ1) is 13.8. The molecule has 0 radical (unpaired) electrons. The lowest BCUT2D eigenvalue weighted by atomic mass is 10.3. The summed E-state index contributed by atoms with van der Waals surface area (Å²) in [4.78, 5) is 0. The molecule has 0 bridgehead atoms. The second kappa shape index (κ2) is 10.2. The summed E-state index contributed by atoms with van der Waals surface area (Å²) in [6.07, 6.45) is 0. The molecule has 2 rings (SSSR count). The van der Waals surface area contributed by atoms with E-state index in [-0.39, 0.29) is 0 Å². The molecule has 0 aliphatic rings. The van der Waals surface area contributed by atoms with E-state index in [4.69, 9.17) is 8.85 Å². The fourth-order valence-electron chi connectivity index (χ4n) is 3.40.